The number of rotatable bonds is 10. The first kappa shape index (κ1) is 29.9. The number of carbonyl (C=O) groups excluding carboxylic acids is 2. The summed E-state index contributed by atoms with van der Waals surface area (Å²) in [5.74, 6) is -1.88. The first-order valence-electron chi connectivity index (χ1n) is 10.9. The number of esters is 1. The number of amides is 1. The Bertz CT molecular complexity index is 1190. The van der Waals surface area contributed by atoms with Gasteiger partial charge in [0.05, 0.1) is 13.0 Å². The van der Waals surface area contributed by atoms with Crippen molar-refractivity contribution in [2.75, 3.05) is 11.9 Å². The Morgan fingerprint density at radius 1 is 1.26 bits per heavy atom. The molecule has 2 heterocycles. The van der Waals surface area contributed by atoms with E-state index in [1.807, 2.05) is 0 Å². The lowest BCUT2D eigenvalue weighted by Gasteiger charge is -2.39. The third-order valence-electron chi connectivity index (χ3n) is 5.65. The minimum absolute atomic E-state index is 0.166. The summed E-state index contributed by atoms with van der Waals surface area (Å²) in [6, 6.07) is 6.19. The molecule has 0 aliphatic carbocycles. The highest BCUT2D eigenvalue weighted by Crippen LogP contribution is 2.38. The van der Waals surface area contributed by atoms with Crippen molar-refractivity contribution in [1.29, 1.82) is 0 Å². The highest BCUT2D eigenvalue weighted by Gasteiger charge is 2.48. The molecule has 0 bridgehead atoms. The van der Waals surface area contributed by atoms with E-state index in [2.05, 4.69) is 21.3 Å². The van der Waals surface area contributed by atoms with Gasteiger partial charge in [-0.05, 0) is 6.07 Å². The van der Waals surface area contributed by atoms with E-state index in [1.165, 1.54) is 12.1 Å². The van der Waals surface area contributed by atoms with Crippen molar-refractivity contribution >= 4 is 44.8 Å². The molecule has 1 aromatic rings. The maximum absolute atomic E-state index is 12.7. The van der Waals surface area contributed by atoms with Crippen LogP contribution in [0.15, 0.2) is 42.1 Å². The minimum Gasteiger partial charge on any atom is -0.458 e. The van der Waals surface area contributed by atoms with Gasteiger partial charge in [-0.3, -0.25) is 14.1 Å². The molecule has 1 unspecified atom stereocenters. The number of hydrogen-bond donors (Lipinski definition) is 7. The minimum atomic E-state index is -5.08. The van der Waals surface area contributed by atoms with E-state index >= 15 is 0 Å². The molecule has 0 spiro atoms. The predicted octanol–water partition coefficient (Wildman–Crippen LogP) is -1.63. The Morgan fingerprint density at radius 3 is 2.58 bits per heavy atom. The Balaban J connectivity index is 1.74. The summed E-state index contributed by atoms with van der Waals surface area (Å²) in [6.45, 7) is 2.77. The molecule has 0 aromatic heterocycles. The third-order valence-corrected chi connectivity index (χ3v) is 7.05. The van der Waals surface area contributed by atoms with Crippen molar-refractivity contribution in [1.82, 2.24) is 0 Å². The van der Waals surface area contributed by atoms with Crippen molar-refractivity contribution in [3.63, 3.8) is 0 Å². The van der Waals surface area contributed by atoms with Crippen LogP contribution in [0, 0.1) is 0 Å². The number of aliphatic hydroxyl groups excluding tert-OH is 4. The summed E-state index contributed by atoms with van der Waals surface area (Å²) in [4.78, 5) is 25.0. The second-order valence-corrected chi connectivity index (χ2v) is 10.5. The summed E-state index contributed by atoms with van der Waals surface area (Å²) >= 11 is 0.476. The van der Waals surface area contributed by atoms with Crippen molar-refractivity contribution in [3.05, 3.63) is 42.5 Å². The van der Waals surface area contributed by atoms with Gasteiger partial charge in [0.15, 0.2) is 5.60 Å². The highest BCUT2D eigenvalue weighted by atomic mass is 32.3. The van der Waals surface area contributed by atoms with Crippen LogP contribution in [0.4, 0.5) is 5.69 Å². The van der Waals surface area contributed by atoms with Crippen LogP contribution >= 0.6 is 11.8 Å². The standard InChI is InChI=1S/C21H26N2O13S2/c1-2-10(34-15(25)8-21(30)11-5-3-4-6-12(11)22-20(21)29)7-14(23-36-38(31,32)33)37-19-18(28)17(27)16(26)13(9-24)35-19/h2-6,10,13,16-19,24,26-28,30H,1,7-9H2,(H,22,29)(H,31,32,33)/b23-14-/t10-,13-,16-,17+,18-,19+,21?/m1/s1. The van der Waals surface area contributed by atoms with Crippen molar-refractivity contribution in [2.45, 2.75) is 54.4 Å². The van der Waals surface area contributed by atoms with Crippen LogP contribution in [-0.4, -0.2) is 98.0 Å². The number of carbonyl (C=O) groups is 2. The molecule has 7 atom stereocenters. The van der Waals surface area contributed by atoms with E-state index in [9.17, 15) is 43.5 Å². The fourth-order valence-corrected chi connectivity index (χ4v) is 5.07. The van der Waals surface area contributed by atoms with Gasteiger partial charge in [0.1, 0.15) is 41.0 Å². The zero-order valence-corrected chi connectivity index (χ0v) is 21.1. The number of fused-ring (bicyclic) bond motifs is 1. The van der Waals surface area contributed by atoms with Gasteiger partial charge >= 0.3 is 16.4 Å². The highest BCUT2D eigenvalue weighted by molar-refractivity contribution is 8.14. The first-order valence-corrected chi connectivity index (χ1v) is 13.2. The Kier molecular flexibility index (Phi) is 9.50. The average molecular weight is 579 g/mol. The molecule has 210 valence electrons. The van der Waals surface area contributed by atoms with Crippen LogP contribution in [0.3, 0.4) is 0 Å². The molecule has 3 rings (SSSR count). The quantitative estimate of drug-likeness (QED) is 0.0412. The molecule has 15 nitrogen and oxygen atoms in total. The van der Waals surface area contributed by atoms with Crippen LogP contribution < -0.4 is 5.32 Å². The van der Waals surface area contributed by atoms with Crippen LogP contribution in [0.2, 0.25) is 0 Å². The van der Waals surface area contributed by atoms with Gasteiger partial charge in [-0.2, -0.15) is 8.42 Å². The molecule has 38 heavy (non-hydrogen) atoms. The average Bonchev–Trinajstić information content (AvgIpc) is 3.10. The Labute approximate surface area is 220 Å². The van der Waals surface area contributed by atoms with E-state index in [4.69, 9.17) is 14.0 Å². The summed E-state index contributed by atoms with van der Waals surface area (Å²) in [5, 5.41) is 55.8. The third kappa shape index (κ3) is 6.87. The number of nitrogens with zero attached hydrogens (tertiary/aromatic N) is 1. The Morgan fingerprint density at radius 2 is 1.95 bits per heavy atom. The second-order valence-electron chi connectivity index (χ2n) is 8.31. The van der Waals surface area contributed by atoms with Crippen molar-refractivity contribution < 1.29 is 61.8 Å². The molecule has 1 aromatic carbocycles. The van der Waals surface area contributed by atoms with Gasteiger partial charge in [-0.1, -0.05) is 47.8 Å². The van der Waals surface area contributed by atoms with Gasteiger partial charge in [-0.15, -0.1) is 0 Å². The van der Waals surface area contributed by atoms with E-state index in [1.54, 1.807) is 12.1 Å². The molecule has 1 saturated heterocycles. The zero-order valence-electron chi connectivity index (χ0n) is 19.5. The number of benzene rings is 1. The summed E-state index contributed by atoms with van der Waals surface area (Å²) in [6.07, 6.45) is -7.84. The van der Waals surface area contributed by atoms with Gasteiger partial charge in [0, 0.05) is 17.7 Å². The molecule has 2 aliphatic heterocycles. The van der Waals surface area contributed by atoms with E-state index in [0.29, 0.717) is 17.4 Å². The number of hydrogen-bond acceptors (Lipinski definition) is 14. The van der Waals surface area contributed by atoms with Crippen LogP contribution in [0.25, 0.3) is 0 Å². The molecule has 2 aliphatic rings. The van der Waals surface area contributed by atoms with Crippen LogP contribution in [0.5, 0.6) is 0 Å². The van der Waals surface area contributed by atoms with Gasteiger partial charge in [-0.25, -0.2) is 4.28 Å². The predicted molar refractivity (Wildman–Crippen MR) is 130 cm³/mol. The number of anilines is 1. The van der Waals surface area contributed by atoms with Gasteiger partial charge in [0.25, 0.3) is 5.91 Å². The molecule has 1 amide bonds. The summed E-state index contributed by atoms with van der Waals surface area (Å²) in [7, 11) is -5.08. The fourth-order valence-electron chi connectivity index (χ4n) is 3.74. The number of oxime groups is 1. The topological polar surface area (TPSA) is 242 Å². The lowest BCUT2D eigenvalue weighted by Crippen LogP contribution is -2.57. The number of para-hydroxylation sites is 1. The smallest absolute Gasteiger partial charge is 0.458 e. The van der Waals surface area contributed by atoms with Gasteiger partial charge in [0.2, 0.25) is 0 Å². The normalized spacial score (nSPS) is 30.2. The molecular formula is C21H26N2O13S2. The van der Waals surface area contributed by atoms with E-state index < -0.39 is 83.3 Å². The number of nitrogens with one attached hydrogen (secondary N) is 1. The first-order chi connectivity index (χ1) is 17.8. The largest absolute Gasteiger partial charge is 0.466 e. The van der Waals surface area contributed by atoms with E-state index in [0.717, 1.165) is 6.08 Å². The molecule has 7 N–H and O–H groups in total. The number of ether oxygens (including phenoxy) is 2. The Hall–Kier alpha value is -2.61. The maximum atomic E-state index is 12.7. The van der Waals surface area contributed by atoms with Crippen LogP contribution in [-0.2, 0) is 39.3 Å². The van der Waals surface area contributed by atoms with Crippen LogP contribution in [0.1, 0.15) is 18.4 Å². The number of aliphatic hydroxyl groups is 5. The molecule has 0 saturated carbocycles. The van der Waals surface area contributed by atoms with E-state index in [-0.39, 0.29) is 10.6 Å². The summed E-state index contributed by atoms with van der Waals surface area (Å²) in [5.41, 5.74) is -3.15. The van der Waals surface area contributed by atoms with Crippen molar-refractivity contribution in [2.24, 2.45) is 5.16 Å². The molecule has 0 radical (unpaired) electrons. The lowest BCUT2D eigenvalue weighted by molar-refractivity contribution is -0.205. The van der Waals surface area contributed by atoms with Crippen molar-refractivity contribution in [3.8, 4) is 0 Å². The molecule has 1 fully saturated rings. The maximum Gasteiger partial charge on any atom is 0.466 e. The zero-order chi connectivity index (χ0) is 28.3. The second kappa shape index (κ2) is 12.1. The monoisotopic (exact) mass is 578 g/mol. The molecular weight excluding hydrogens is 552 g/mol. The lowest BCUT2D eigenvalue weighted by atomic mass is 9.92. The summed E-state index contributed by atoms with van der Waals surface area (Å²) < 4.78 is 45.6. The number of thioether (sulfide) groups is 1. The fraction of sp³-hybridized carbons (Fsp3) is 0.476. The SMILES string of the molecule is C=C[C@H](C/C(=N/OS(=O)(=O)O)S[C@@H]1O[C@H](CO)[C@@H](O)[C@H](O)[C@H]1O)OC(=O)CC1(O)C(=O)Nc2ccccc21. The molecule has 17 heteroatoms. The van der Waals surface area contributed by atoms with Gasteiger partial charge < -0.3 is 40.3 Å².